The number of carbonyl (C=O) groups excluding carboxylic acids is 3. The first-order valence-electron chi connectivity index (χ1n) is 14.5. The van der Waals surface area contributed by atoms with Crippen molar-refractivity contribution in [3.8, 4) is 11.8 Å². The van der Waals surface area contributed by atoms with E-state index in [0.717, 1.165) is 55.9 Å². The predicted molar refractivity (Wildman–Crippen MR) is 171 cm³/mol. The molecule has 0 unspecified atom stereocenters. The topological polar surface area (TPSA) is 83.5 Å². The first-order chi connectivity index (χ1) is 19.4. The minimum absolute atomic E-state index is 0.0784. The molecule has 0 spiro atoms. The Morgan fingerprint density at radius 2 is 1.22 bits per heavy atom. The molecule has 0 saturated carbocycles. The Bertz CT molecular complexity index is 1030. The number of rotatable bonds is 8. The van der Waals surface area contributed by atoms with Gasteiger partial charge >= 0.3 is 0 Å². The summed E-state index contributed by atoms with van der Waals surface area (Å²) in [4.78, 5) is 32.9. The fourth-order valence-corrected chi connectivity index (χ4v) is 3.00. The molecule has 0 aliphatic rings. The fraction of sp³-hybridized carbons (Fsp3) is 0.514. The Balaban J connectivity index is -0.000000556. The summed E-state index contributed by atoms with van der Waals surface area (Å²) >= 11 is 0. The van der Waals surface area contributed by atoms with Gasteiger partial charge in [-0.3, -0.25) is 14.4 Å². The molecule has 0 aliphatic heterocycles. The molecule has 2 N–H and O–H groups in total. The number of hydrogen-bond donors (Lipinski definition) is 2. The fourth-order valence-electron chi connectivity index (χ4n) is 3.00. The van der Waals surface area contributed by atoms with Crippen molar-refractivity contribution in [2.75, 3.05) is 14.2 Å². The van der Waals surface area contributed by atoms with Gasteiger partial charge in [0.15, 0.2) is 5.78 Å². The van der Waals surface area contributed by atoms with E-state index in [-0.39, 0.29) is 17.5 Å². The number of Topliss-reactive ketones (excluding diaryl/α,β-unsaturated/α-hetero) is 2. The summed E-state index contributed by atoms with van der Waals surface area (Å²) in [6.45, 7) is 16.4. The van der Waals surface area contributed by atoms with Crippen LogP contribution >= 0.6 is 0 Å². The average molecular weight is 572 g/mol. The Morgan fingerprint density at radius 3 is 1.49 bits per heavy atom. The summed E-state index contributed by atoms with van der Waals surface area (Å²) in [5.74, 6) is 5.95. The molecule has 0 atom stereocenters. The van der Waals surface area contributed by atoms with Crippen molar-refractivity contribution in [2.24, 2.45) is 5.41 Å². The molecule has 230 valence electrons. The molecule has 41 heavy (non-hydrogen) atoms. The van der Waals surface area contributed by atoms with Gasteiger partial charge in [0.2, 0.25) is 5.91 Å². The normalized spacial score (nSPS) is 9.41. The van der Waals surface area contributed by atoms with Crippen molar-refractivity contribution < 1.29 is 23.9 Å². The number of aryl methyl sites for hydroxylation is 1. The molecule has 0 saturated heterocycles. The maximum Gasteiger partial charge on any atom is 0.232 e. The van der Waals surface area contributed by atoms with Crippen molar-refractivity contribution in [3.05, 3.63) is 70.8 Å². The van der Waals surface area contributed by atoms with Gasteiger partial charge in [0, 0.05) is 30.8 Å². The number of alkyl halides is 1. The molecule has 0 radical (unpaired) electrons. The van der Waals surface area contributed by atoms with Gasteiger partial charge in [0.1, 0.15) is 17.4 Å². The van der Waals surface area contributed by atoms with Crippen LogP contribution in [0.5, 0.6) is 0 Å². The third-order valence-electron chi connectivity index (χ3n) is 5.88. The largest absolute Gasteiger partial charge is 0.400 e. The van der Waals surface area contributed by atoms with Crippen LogP contribution in [-0.4, -0.2) is 42.9 Å². The summed E-state index contributed by atoms with van der Waals surface area (Å²) in [6, 6.07) is 15.7. The number of nitrogens with one attached hydrogen (secondary N) is 1. The number of aliphatic hydroxyl groups excluding tert-OH is 1. The van der Waals surface area contributed by atoms with Gasteiger partial charge in [-0.2, -0.15) is 0 Å². The summed E-state index contributed by atoms with van der Waals surface area (Å²) in [6.07, 6.45) is 3.94. The number of halogens is 1. The van der Waals surface area contributed by atoms with E-state index < -0.39 is 11.6 Å². The van der Waals surface area contributed by atoms with Crippen LogP contribution in [0, 0.1) is 17.3 Å². The van der Waals surface area contributed by atoms with Crippen molar-refractivity contribution in [1.82, 2.24) is 5.32 Å². The van der Waals surface area contributed by atoms with Crippen LogP contribution in [0.1, 0.15) is 115 Å². The second-order valence-corrected chi connectivity index (χ2v) is 9.37. The van der Waals surface area contributed by atoms with Gasteiger partial charge in [-0.1, -0.05) is 83.6 Å². The van der Waals surface area contributed by atoms with Crippen LogP contribution in [-0.2, 0) is 16.0 Å². The number of carbonyl (C=O) groups is 3. The molecule has 1 amide bonds. The highest BCUT2D eigenvalue weighted by Crippen LogP contribution is 2.15. The lowest BCUT2D eigenvalue weighted by Crippen LogP contribution is -2.39. The van der Waals surface area contributed by atoms with Gasteiger partial charge in [-0.05, 0) is 76.8 Å². The summed E-state index contributed by atoms with van der Waals surface area (Å²) in [5.41, 5.74) is 3.08. The molecule has 6 heteroatoms. The van der Waals surface area contributed by atoms with Crippen molar-refractivity contribution in [2.45, 2.75) is 101 Å². The summed E-state index contributed by atoms with van der Waals surface area (Å²) in [7, 11) is 2.52. The Hall–Kier alpha value is -3.30. The maximum absolute atomic E-state index is 12.4. The van der Waals surface area contributed by atoms with Gasteiger partial charge in [0.25, 0.3) is 0 Å². The van der Waals surface area contributed by atoms with Crippen LogP contribution in [0.25, 0.3) is 0 Å². The predicted octanol–water partition coefficient (Wildman–Crippen LogP) is 7.76. The molecule has 0 aromatic heterocycles. The van der Waals surface area contributed by atoms with Crippen molar-refractivity contribution in [3.63, 3.8) is 0 Å². The van der Waals surface area contributed by atoms with E-state index in [2.05, 4.69) is 36.2 Å². The van der Waals surface area contributed by atoms with Gasteiger partial charge in [-0.15, -0.1) is 0 Å². The molecule has 5 nitrogen and oxygen atoms in total. The quantitative estimate of drug-likeness (QED) is 0.193. The van der Waals surface area contributed by atoms with E-state index in [9.17, 15) is 18.8 Å². The average Bonchev–Trinajstić information content (AvgIpc) is 2.99. The SMILES string of the molecule is CC.CCCC(F)CCC.CCc1ccc(C#Cc2ccc(C(C)=O)cc2)cc1.CNC(=O)C(C)(C)C(C)=O.CO. The summed E-state index contributed by atoms with van der Waals surface area (Å²) < 4.78 is 12.4. The molecular formula is C35H54FNO4. The number of benzene rings is 2. The van der Waals surface area contributed by atoms with Crippen molar-refractivity contribution in [1.29, 1.82) is 0 Å². The summed E-state index contributed by atoms with van der Waals surface area (Å²) in [5, 5.41) is 9.43. The molecule has 0 fully saturated rings. The highest BCUT2D eigenvalue weighted by Gasteiger charge is 2.31. The van der Waals surface area contributed by atoms with E-state index in [0.29, 0.717) is 0 Å². The highest BCUT2D eigenvalue weighted by atomic mass is 19.1. The van der Waals surface area contributed by atoms with Gasteiger partial charge in [0.05, 0.1) is 0 Å². The minimum atomic E-state index is -0.880. The third-order valence-corrected chi connectivity index (χ3v) is 5.88. The van der Waals surface area contributed by atoms with E-state index in [1.807, 2.05) is 64.1 Å². The Kier molecular flexibility index (Phi) is 26.4. The van der Waals surface area contributed by atoms with Crippen molar-refractivity contribution >= 4 is 17.5 Å². The van der Waals surface area contributed by atoms with Gasteiger partial charge < -0.3 is 10.4 Å². The zero-order chi connectivity index (χ0) is 32.4. The van der Waals surface area contributed by atoms with Crippen LogP contribution in [0.3, 0.4) is 0 Å². The van der Waals surface area contributed by atoms with E-state index in [1.165, 1.54) is 19.5 Å². The zero-order valence-corrected chi connectivity index (χ0v) is 27.3. The van der Waals surface area contributed by atoms with Gasteiger partial charge in [-0.25, -0.2) is 4.39 Å². The lowest BCUT2D eigenvalue weighted by Gasteiger charge is -2.17. The maximum atomic E-state index is 12.4. The second kappa shape index (κ2) is 25.7. The van der Waals surface area contributed by atoms with Crippen LogP contribution in [0.4, 0.5) is 4.39 Å². The number of amides is 1. The molecule has 0 bridgehead atoms. The molecule has 2 rings (SSSR count). The number of aliphatic hydroxyl groups is 1. The van der Waals surface area contributed by atoms with Crippen LogP contribution in [0.15, 0.2) is 48.5 Å². The zero-order valence-electron chi connectivity index (χ0n) is 27.3. The smallest absolute Gasteiger partial charge is 0.232 e. The van der Waals surface area contributed by atoms with E-state index in [4.69, 9.17) is 5.11 Å². The van der Waals surface area contributed by atoms with E-state index >= 15 is 0 Å². The Labute approximate surface area is 249 Å². The number of hydrogen-bond acceptors (Lipinski definition) is 4. The lowest BCUT2D eigenvalue weighted by atomic mass is 9.88. The third kappa shape index (κ3) is 19.4. The molecule has 0 aliphatic carbocycles. The Morgan fingerprint density at radius 1 is 0.829 bits per heavy atom. The van der Waals surface area contributed by atoms with Crippen LogP contribution < -0.4 is 5.32 Å². The molecule has 2 aromatic rings. The lowest BCUT2D eigenvalue weighted by molar-refractivity contribution is -0.138. The van der Waals surface area contributed by atoms with E-state index in [1.54, 1.807) is 20.8 Å². The number of ketones is 2. The second-order valence-electron chi connectivity index (χ2n) is 9.37. The van der Waals surface area contributed by atoms with Crippen LogP contribution in [0.2, 0.25) is 0 Å². The first-order valence-corrected chi connectivity index (χ1v) is 14.5. The molecule has 2 aromatic carbocycles. The standard InChI is InChI=1S/C18H16O.C7H15F.C7H13NO2.C2H6.CH4O/c1-3-15-4-6-16(7-5-15)8-9-17-10-12-18(13-11-17)14(2)19;1-3-5-7(8)6-4-2;1-5(9)7(2,3)6(10)8-4;2*1-2/h4-7,10-13H,3H2,1-2H3;7H,3-6H2,1-2H3;1-4H3,(H,8,10);1-2H3;2H,1H3. The minimum Gasteiger partial charge on any atom is -0.400 e. The molecule has 0 heterocycles. The highest BCUT2D eigenvalue weighted by molar-refractivity contribution is 6.04. The molecular weight excluding hydrogens is 517 g/mol. The first kappa shape index (κ1) is 42.2. The monoisotopic (exact) mass is 571 g/mol.